The summed E-state index contributed by atoms with van der Waals surface area (Å²) in [5.74, 6) is 0. The van der Waals surface area contributed by atoms with Crippen LogP contribution in [-0.4, -0.2) is 26.2 Å². The normalized spacial score (nSPS) is 16.5. The Morgan fingerprint density at radius 2 is 1.62 bits per heavy atom. The predicted octanol–water partition coefficient (Wildman–Crippen LogP) is 2.22. The maximum atomic E-state index is 3.42. The Morgan fingerprint density at radius 3 is 2.12 bits per heavy atom. The summed E-state index contributed by atoms with van der Waals surface area (Å²) < 4.78 is 0. The van der Waals surface area contributed by atoms with Gasteiger partial charge in [0.2, 0.25) is 0 Å². The maximum absolute atomic E-state index is 3.42. The Labute approximate surface area is 98.7 Å². The zero-order valence-electron chi connectivity index (χ0n) is 10.4. The fraction of sp³-hybridized carbons (Fsp3) is 0.571. The lowest BCUT2D eigenvalue weighted by molar-refractivity contribution is 0.586. The third-order valence-electron chi connectivity index (χ3n) is 3.40. The molecule has 0 spiro atoms. The van der Waals surface area contributed by atoms with Crippen LogP contribution in [0.3, 0.4) is 0 Å². The summed E-state index contributed by atoms with van der Waals surface area (Å²) in [6.45, 7) is 9.01. The monoisotopic (exact) mass is 218 g/mol. The predicted molar refractivity (Wildman–Crippen MR) is 70.3 cm³/mol. The zero-order valence-corrected chi connectivity index (χ0v) is 10.4. The van der Waals surface area contributed by atoms with E-state index in [9.17, 15) is 0 Å². The molecule has 2 heteroatoms. The van der Waals surface area contributed by atoms with Crippen LogP contribution in [-0.2, 0) is 12.8 Å². The first kappa shape index (κ1) is 11.5. The molecule has 16 heavy (non-hydrogen) atoms. The average molecular weight is 218 g/mol. The summed E-state index contributed by atoms with van der Waals surface area (Å²) in [7, 11) is 0. The SMILES string of the molecule is CCc1cccc(CC)c1N1CCNCC1. The Kier molecular flexibility index (Phi) is 3.83. The number of nitrogens with zero attached hydrogens (tertiary/aromatic N) is 1. The summed E-state index contributed by atoms with van der Waals surface area (Å²) in [6.07, 6.45) is 2.26. The number of nitrogens with one attached hydrogen (secondary N) is 1. The molecule has 2 nitrogen and oxygen atoms in total. The lowest BCUT2D eigenvalue weighted by Crippen LogP contribution is -2.44. The van der Waals surface area contributed by atoms with Gasteiger partial charge in [0.1, 0.15) is 0 Å². The molecule has 1 fully saturated rings. The molecule has 0 bridgehead atoms. The highest BCUT2D eigenvalue weighted by molar-refractivity contribution is 5.60. The Hall–Kier alpha value is -1.02. The van der Waals surface area contributed by atoms with Crippen LogP contribution in [0, 0.1) is 0 Å². The molecule has 0 radical (unpaired) electrons. The van der Waals surface area contributed by atoms with Gasteiger partial charge in [0.25, 0.3) is 0 Å². The number of piperazine rings is 1. The van der Waals surface area contributed by atoms with E-state index in [2.05, 4.69) is 42.3 Å². The van der Waals surface area contributed by atoms with E-state index in [-0.39, 0.29) is 0 Å². The van der Waals surface area contributed by atoms with Crippen LogP contribution in [0.4, 0.5) is 5.69 Å². The molecule has 1 aromatic carbocycles. The van der Waals surface area contributed by atoms with Crippen LogP contribution in [0.25, 0.3) is 0 Å². The van der Waals surface area contributed by atoms with Crippen LogP contribution in [0.5, 0.6) is 0 Å². The van der Waals surface area contributed by atoms with Crippen molar-refractivity contribution in [2.45, 2.75) is 26.7 Å². The highest BCUT2D eigenvalue weighted by Gasteiger charge is 2.15. The highest BCUT2D eigenvalue weighted by Crippen LogP contribution is 2.27. The molecule has 1 aromatic rings. The minimum atomic E-state index is 1.11. The van der Waals surface area contributed by atoms with E-state index >= 15 is 0 Å². The first-order valence-corrected chi connectivity index (χ1v) is 6.43. The molecule has 88 valence electrons. The van der Waals surface area contributed by atoms with Crippen molar-refractivity contribution in [1.82, 2.24) is 5.32 Å². The fourth-order valence-corrected chi connectivity index (χ4v) is 2.51. The van der Waals surface area contributed by atoms with E-state index < -0.39 is 0 Å². The molecular formula is C14H22N2. The first-order valence-electron chi connectivity index (χ1n) is 6.43. The molecule has 0 atom stereocenters. The van der Waals surface area contributed by atoms with Gasteiger partial charge in [-0.3, -0.25) is 0 Å². The Bertz CT molecular complexity index is 318. The van der Waals surface area contributed by atoms with Gasteiger partial charge < -0.3 is 10.2 Å². The third-order valence-corrected chi connectivity index (χ3v) is 3.40. The molecule has 0 amide bonds. The second kappa shape index (κ2) is 5.35. The number of hydrogen-bond acceptors (Lipinski definition) is 2. The van der Waals surface area contributed by atoms with E-state index in [4.69, 9.17) is 0 Å². The van der Waals surface area contributed by atoms with Crippen molar-refractivity contribution >= 4 is 5.69 Å². The van der Waals surface area contributed by atoms with Crippen molar-refractivity contribution in [2.24, 2.45) is 0 Å². The Morgan fingerprint density at radius 1 is 1.06 bits per heavy atom. The van der Waals surface area contributed by atoms with E-state index in [1.54, 1.807) is 0 Å². The minimum Gasteiger partial charge on any atom is -0.369 e. The molecule has 2 rings (SSSR count). The van der Waals surface area contributed by atoms with Gasteiger partial charge in [0.05, 0.1) is 0 Å². The van der Waals surface area contributed by atoms with Gasteiger partial charge in [-0.05, 0) is 24.0 Å². The summed E-state index contributed by atoms with van der Waals surface area (Å²) in [4.78, 5) is 2.55. The molecule has 1 aliphatic rings. The maximum Gasteiger partial charge on any atom is 0.0431 e. The van der Waals surface area contributed by atoms with Crippen LogP contribution in [0.15, 0.2) is 18.2 Å². The van der Waals surface area contributed by atoms with Crippen molar-refractivity contribution in [3.63, 3.8) is 0 Å². The minimum absolute atomic E-state index is 1.11. The smallest absolute Gasteiger partial charge is 0.0431 e. The quantitative estimate of drug-likeness (QED) is 0.837. The Balaban J connectivity index is 2.34. The summed E-state index contributed by atoms with van der Waals surface area (Å²) >= 11 is 0. The summed E-state index contributed by atoms with van der Waals surface area (Å²) in [5, 5.41) is 3.42. The molecular weight excluding hydrogens is 196 g/mol. The van der Waals surface area contributed by atoms with Crippen LogP contribution < -0.4 is 10.2 Å². The molecule has 0 aromatic heterocycles. The number of rotatable bonds is 3. The van der Waals surface area contributed by atoms with Gasteiger partial charge >= 0.3 is 0 Å². The number of aryl methyl sites for hydroxylation is 2. The van der Waals surface area contributed by atoms with Gasteiger partial charge in [0, 0.05) is 31.9 Å². The largest absolute Gasteiger partial charge is 0.369 e. The van der Waals surface area contributed by atoms with Crippen LogP contribution in [0.1, 0.15) is 25.0 Å². The molecule has 0 aliphatic carbocycles. The van der Waals surface area contributed by atoms with Crippen molar-refractivity contribution in [2.75, 3.05) is 31.1 Å². The molecule has 1 N–H and O–H groups in total. The van der Waals surface area contributed by atoms with Crippen molar-refractivity contribution in [1.29, 1.82) is 0 Å². The number of hydrogen-bond donors (Lipinski definition) is 1. The van der Waals surface area contributed by atoms with Gasteiger partial charge in [-0.25, -0.2) is 0 Å². The molecule has 1 heterocycles. The second-order valence-corrected chi connectivity index (χ2v) is 4.37. The standard InChI is InChI=1S/C14H22N2/c1-3-12-6-5-7-13(4-2)14(12)16-10-8-15-9-11-16/h5-7,15H,3-4,8-11H2,1-2H3. The number of benzene rings is 1. The summed E-state index contributed by atoms with van der Waals surface area (Å²) in [5.41, 5.74) is 4.51. The van der Waals surface area contributed by atoms with Crippen molar-refractivity contribution < 1.29 is 0 Å². The average Bonchev–Trinajstić information content (AvgIpc) is 2.38. The topological polar surface area (TPSA) is 15.3 Å². The third kappa shape index (κ3) is 2.22. The lowest BCUT2D eigenvalue weighted by Gasteiger charge is -2.32. The highest BCUT2D eigenvalue weighted by atomic mass is 15.2. The van der Waals surface area contributed by atoms with Gasteiger partial charge in [-0.15, -0.1) is 0 Å². The van der Waals surface area contributed by atoms with Gasteiger partial charge in [-0.1, -0.05) is 32.0 Å². The van der Waals surface area contributed by atoms with Crippen LogP contribution in [0.2, 0.25) is 0 Å². The number of para-hydroxylation sites is 1. The second-order valence-electron chi connectivity index (χ2n) is 4.37. The van der Waals surface area contributed by atoms with Crippen molar-refractivity contribution in [3.8, 4) is 0 Å². The van der Waals surface area contributed by atoms with Gasteiger partial charge in [-0.2, -0.15) is 0 Å². The fourth-order valence-electron chi connectivity index (χ4n) is 2.51. The van der Waals surface area contributed by atoms with Crippen LogP contribution >= 0.6 is 0 Å². The first-order chi connectivity index (χ1) is 7.86. The summed E-state index contributed by atoms with van der Waals surface area (Å²) in [6, 6.07) is 6.75. The van der Waals surface area contributed by atoms with Gasteiger partial charge in [0.15, 0.2) is 0 Å². The molecule has 0 saturated carbocycles. The van der Waals surface area contributed by atoms with E-state index in [1.807, 2.05) is 0 Å². The van der Waals surface area contributed by atoms with E-state index in [1.165, 1.54) is 16.8 Å². The van der Waals surface area contributed by atoms with Crippen molar-refractivity contribution in [3.05, 3.63) is 29.3 Å². The number of anilines is 1. The van der Waals surface area contributed by atoms with E-state index in [0.29, 0.717) is 0 Å². The van der Waals surface area contributed by atoms with E-state index in [0.717, 1.165) is 39.0 Å². The zero-order chi connectivity index (χ0) is 11.4. The molecule has 0 unspecified atom stereocenters. The molecule has 1 aliphatic heterocycles. The molecule has 1 saturated heterocycles. The lowest BCUT2D eigenvalue weighted by atomic mass is 10.0.